The Kier molecular flexibility index (Phi) is 36.0. The van der Waals surface area contributed by atoms with Crippen molar-refractivity contribution in [1.29, 1.82) is 0 Å². The Morgan fingerprint density at radius 1 is 0.525 bits per heavy atom. The zero-order chi connectivity index (χ0) is 44.6. The van der Waals surface area contributed by atoms with Crippen LogP contribution in [0.2, 0.25) is 0 Å². The van der Waals surface area contributed by atoms with Gasteiger partial charge in [0.05, 0.1) is 6.61 Å². The molecule has 348 valence electrons. The number of ether oxygens (including phenoxy) is 4. The van der Waals surface area contributed by atoms with Gasteiger partial charge in [0.15, 0.2) is 18.5 Å². The summed E-state index contributed by atoms with van der Waals surface area (Å²) in [5.41, 5.74) is 0. The quantitative estimate of drug-likeness (QED) is 0.0265. The first-order valence-corrected chi connectivity index (χ1v) is 23.5. The molecule has 1 fully saturated rings. The molecule has 0 bridgehead atoms. The van der Waals surface area contributed by atoms with E-state index in [9.17, 15) is 34.8 Å². The molecular formula is C50H82O11. The lowest BCUT2D eigenvalue weighted by molar-refractivity contribution is -0.298. The number of hydrogen-bond donors (Lipinski definition) is 4. The van der Waals surface area contributed by atoms with Crippen LogP contribution in [0.4, 0.5) is 0 Å². The van der Waals surface area contributed by atoms with E-state index >= 15 is 0 Å². The van der Waals surface area contributed by atoms with Gasteiger partial charge in [-0.1, -0.05) is 151 Å². The number of carbonyl (C=O) groups is 3. The van der Waals surface area contributed by atoms with Crippen LogP contribution in [0.15, 0.2) is 72.9 Å². The topological polar surface area (TPSA) is 169 Å². The first-order chi connectivity index (χ1) is 29.7. The van der Waals surface area contributed by atoms with Gasteiger partial charge >= 0.3 is 17.9 Å². The first kappa shape index (κ1) is 55.7. The lowest BCUT2D eigenvalue weighted by atomic mass is 9.99. The third-order valence-electron chi connectivity index (χ3n) is 10.3. The maximum absolute atomic E-state index is 12.8. The van der Waals surface area contributed by atoms with E-state index in [1.807, 2.05) is 0 Å². The highest BCUT2D eigenvalue weighted by atomic mass is 16.7. The average Bonchev–Trinajstić information content (AvgIpc) is 3.24. The Morgan fingerprint density at radius 2 is 0.967 bits per heavy atom. The van der Waals surface area contributed by atoms with Crippen LogP contribution in [0, 0.1) is 0 Å². The van der Waals surface area contributed by atoms with E-state index in [1.165, 1.54) is 25.7 Å². The lowest BCUT2D eigenvalue weighted by Gasteiger charge is -2.38. The highest BCUT2D eigenvalue weighted by Gasteiger charge is 2.47. The lowest BCUT2D eigenvalue weighted by Crippen LogP contribution is -2.60. The summed E-state index contributed by atoms with van der Waals surface area (Å²) in [6.45, 7) is 3.65. The van der Waals surface area contributed by atoms with E-state index in [0.29, 0.717) is 12.8 Å². The Hall–Kier alpha value is -3.35. The summed E-state index contributed by atoms with van der Waals surface area (Å²) in [6, 6.07) is 0. The number of aliphatic hydroxyl groups is 3. The monoisotopic (exact) mass is 859 g/mol. The fraction of sp³-hybridized carbons (Fsp3) is 0.700. The molecule has 61 heavy (non-hydrogen) atoms. The summed E-state index contributed by atoms with van der Waals surface area (Å²) in [7, 11) is 0. The Labute approximate surface area is 368 Å². The fourth-order valence-corrected chi connectivity index (χ4v) is 6.60. The molecule has 0 radical (unpaired) electrons. The van der Waals surface area contributed by atoms with Gasteiger partial charge in [0.2, 0.25) is 0 Å². The number of rotatable bonds is 38. The SMILES string of the molecule is CC/C=C\C/C=C\C/C=C\C/C=C\CCCCCCCCC(=O)OCC(COC1OC(C(=O)O)C(O)C(O)C1O)OC(=O)CCCCCCC/C=C\C/C=C\CCCCCC. The van der Waals surface area contributed by atoms with Crippen molar-refractivity contribution in [1.82, 2.24) is 0 Å². The number of carboxylic acids is 1. The second-order valence-corrected chi connectivity index (χ2v) is 15.9. The van der Waals surface area contributed by atoms with Crippen molar-refractivity contribution in [3.8, 4) is 0 Å². The number of allylic oxidation sites excluding steroid dienone is 12. The van der Waals surface area contributed by atoms with Crippen LogP contribution in [0.25, 0.3) is 0 Å². The van der Waals surface area contributed by atoms with Gasteiger partial charge in [-0.3, -0.25) is 9.59 Å². The van der Waals surface area contributed by atoms with Gasteiger partial charge < -0.3 is 39.4 Å². The smallest absolute Gasteiger partial charge is 0.335 e. The Balaban J connectivity index is 2.37. The number of carboxylic acid groups (broad SMARTS) is 1. The van der Waals surface area contributed by atoms with E-state index in [-0.39, 0.29) is 19.4 Å². The third kappa shape index (κ3) is 31.2. The molecule has 0 spiro atoms. The summed E-state index contributed by atoms with van der Waals surface area (Å²) in [5.74, 6) is -2.49. The summed E-state index contributed by atoms with van der Waals surface area (Å²) in [4.78, 5) is 36.9. The van der Waals surface area contributed by atoms with Crippen LogP contribution in [0.5, 0.6) is 0 Å². The van der Waals surface area contributed by atoms with Crippen molar-refractivity contribution in [2.75, 3.05) is 13.2 Å². The molecule has 11 nitrogen and oxygen atoms in total. The molecule has 4 N–H and O–H groups in total. The molecule has 11 heteroatoms. The van der Waals surface area contributed by atoms with Gasteiger partial charge in [0.1, 0.15) is 24.9 Å². The van der Waals surface area contributed by atoms with E-state index in [0.717, 1.165) is 109 Å². The molecular weight excluding hydrogens is 777 g/mol. The van der Waals surface area contributed by atoms with Crippen molar-refractivity contribution in [2.24, 2.45) is 0 Å². The number of unbranched alkanes of at least 4 members (excludes halogenated alkanes) is 15. The fourth-order valence-electron chi connectivity index (χ4n) is 6.60. The van der Waals surface area contributed by atoms with Crippen LogP contribution in [0.1, 0.15) is 174 Å². The summed E-state index contributed by atoms with van der Waals surface area (Å²) < 4.78 is 21.7. The van der Waals surface area contributed by atoms with Crippen molar-refractivity contribution < 1.29 is 53.8 Å². The third-order valence-corrected chi connectivity index (χ3v) is 10.3. The van der Waals surface area contributed by atoms with Gasteiger partial charge in [-0.2, -0.15) is 0 Å². The molecule has 0 saturated carbocycles. The van der Waals surface area contributed by atoms with Crippen LogP contribution in [-0.2, 0) is 33.3 Å². The highest BCUT2D eigenvalue weighted by Crippen LogP contribution is 2.23. The van der Waals surface area contributed by atoms with E-state index in [2.05, 4.69) is 86.8 Å². The summed E-state index contributed by atoms with van der Waals surface area (Å²) >= 11 is 0. The van der Waals surface area contributed by atoms with Crippen molar-refractivity contribution in [3.63, 3.8) is 0 Å². The predicted octanol–water partition coefficient (Wildman–Crippen LogP) is 10.5. The van der Waals surface area contributed by atoms with Crippen molar-refractivity contribution in [3.05, 3.63) is 72.9 Å². The number of carbonyl (C=O) groups excluding carboxylic acids is 2. The zero-order valence-corrected chi connectivity index (χ0v) is 37.6. The molecule has 6 unspecified atom stereocenters. The van der Waals surface area contributed by atoms with Gasteiger partial charge in [-0.25, -0.2) is 4.79 Å². The number of hydrogen-bond acceptors (Lipinski definition) is 10. The molecule has 1 saturated heterocycles. The first-order valence-electron chi connectivity index (χ1n) is 23.5. The molecule has 1 rings (SSSR count). The van der Waals surface area contributed by atoms with Gasteiger partial charge in [-0.15, -0.1) is 0 Å². The maximum atomic E-state index is 12.8. The normalized spacial score (nSPS) is 20.3. The summed E-state index contributed by atoms with van der Waals surface area (Å²) in [5, 5.41) is 39.9. The largest absolute Gasteiger partial charge is 0.479 e. The van der Waals surface area contributed by atoms with Crippen LogP contribution < -0.4 is 0 Å². The van der Waals surface area contributed by atoms with E-state index < -0.39 is 61.3 Å². The molecule has 0 aliphatic carbocycles. The minimum absolute atomic E-state index is 0.160. The molecule has 1 aliphatic rings. The standard InChI is InChI=1S/C50H82O11/c1-3-5-7-9-11-13-15-17-19-21-22-23-25-26-28-30-32-34-36-38-43(51)58-40-42(41-59-50-47(55)45(53)46(54)48(61-50)49(56)57)60-44(52)39-37-35-33-31-29-27-24-20-18-16-14-12-10-8-6-4-2/h5,7,11,13-14,16-17,19-20,22-24,42,45-48,50,53-55H,3-4,6,8-10,12,15,18,21,25-41H2,1-2H3,(H,56,57)/b7-5-,13-11-,16-14-,19-17-,23-22-,24-20-. The molecule has 0 amide bonds. The highest BCUT2D eigenvalue weighted by molar-refractivity contribution is 5.73. The number of aliphatic hydroxyl groups excluding tert-OH is 3. The molecule has 6 atom stereocenters. The Bertz CT molecular complexity index is 1290. The van der Waals surface area contributed by atoms with Crippen LogP contribution >= 0.6 is 0 Å². The van der Waals surface area contributed by atoms with Crippen LogP contribution in [0.3, 0.4) is 0 Å². The van der Waals surface area contributed by atoms with E-state index in [4.69, 9.17) is 18.9 Å². The molecule has 0 aromatic heterocycles. The number of aliphatic carboxylic acids is 1. The minimum atomic E-state index is -1.87. The second kappa shape index (κ2) is 39.5. The average molecular weight is 859 g/mol. The number of esters is 2. The summed E-state index contributed by atoms with van der Waals surface area (Å²) in [6.07, 6.45) is 40.9. The van der Waals surface area contributed by atoms with Gasteiger partial charge in [-0.05, 0) is 83.5 Å². The molecule has 1 heterocycles. The zero-order valence-electron chi connectivity index (χ0n) is 37.6. The van der Waals surface area contributed by atoms with Crippen LogP contribution in [-0.4, -0.2) is 88.4 Å². The van der Waals surface area contributed by atoms with Gasteiger partial charge in [0.25, 0.3) is 0 Å². The van der Waals surface area contributed by atoms with E-state index in [1.54, 1.807) is 0 Å². The van der Waals surface area contributed by atoms with Crippen molar-refractivity contribution in [2.45, 2.75) is 211 Å². The van der Waals surface area contributed by atoms with Gasteiger partial charge in [0, 0.05) is 12.8 Å². The Morgan fingerprint density at radius 3 is 1.46 bits per heavy atom. The van der Waals surface area contributed by atoms with Crippen molar-refractivity contribution >= 4 is 17.9 Å². The molecule has 1 aliphatic heterocycles. The second-order valence-electron chi connectivity index (χ2n) is 15.9. The molecule has 0 aromatic carbocycles. The maximum Gasteiger partial charge on any atom is 0.335 e. The molecule has 0 aromatic rings. The predicted molar refractivity (Wildman–Crippen MR) is 243 cm³/mol. The minimum Gasteiger partial charge on any atom is -0.479 e.